The molecule has 2 aromatic rings. The van der Waals surface area contributed by atoms with Gasteiger partial charge in [-0.25, -0.2) is 9.37 Å². The number of amides is 1. The maximum Gasteiger partial charge on any atom is 0.243 e. The van der Waals surface area contributed by atoms with Crippen LogP contribution in [0.4, 0.5) is 4.39 Å². The van der Waals surface area contributed by atoms with E-state index in [-0.39, 0.29) is 18.3 Å². The summed E-state index contributed by atoms with van der Waals surface area (Å²) in [5, 5.41) is 2.52. The molecule has 0 radical (unpaired) electrons. The zero-order valence-corrected chi connectivity index (χ0v) is 8.37. The van der Waals surface area contributed by atoms with Crippen LogP contribution in [-0.2, 0) is 11.3 Å². The SMILES string of the molecule is C=CC(=O)NCc1nc2cc(F)ccc2o1. The molecule has 16 heavy (non-hydrogen) atoms. The van der Waals surface area contributed by atoms with Gasteiger partial charge in [-0.2, -0.15) is 0 Å². The van der Waals surface area contributed by atoms with Crippen molar-refractivity contribution in [3.05, 3.63) is 42.6 Å². The van der Waals surface area contributed by atoms with Crippen molar-refractivity contribution in [2.75, 3.05) is 0 Å². The molecule has 5 heteroatoms. The molecule has 0 aliphatic heterocycles. The van der Waals surface area contributed by atoms with Crippen LogP contribution in [0.25, 0.3) is 11.1 Å². The third-order valence-electron chi connectivity index (χ3n) is 1.99. The first-order chi connectivity index (χ1) is 7.69. The van der Waals surface area contributed by atoms with Crippen LogP contribution in [0.15, 0.2) is 35.3 Å². The smallest absolute Gasteiger partial charge is 0.243 e. The molecule has 0 aliphatic rings. The van der Waals surface area contributed by atoms with Crippen molar-refractivity contribution in [2.45, 2.75) is 6.54 Å². The molecular weight excluding hydrogens is 211 g/mol. The van der Waals surface area contributed by atoms with Crippen molar-refractivity contribution in [3.8, 4) is 0 Å². The molecule has 4 nitrogen and oxygen atoms in total. The monoisotopic (exact) mass is 220 g/mol. The summed E-state index contributed by atoms with van der Waals surface area (Å²) in [6, 6.07) is 4.06. The first-order valence-corrected chi connectivity index (χ1v) is 4.64. The summed E-state index contributed by atoms with van der Waals surface area (Å²) in [5.74, 6) is -0.355. The predicted molar refractivity (Wildman–Crippen MR) is 56.0 cm³/mol. The van der Waals surface area contributed by atoms with Crippen molar-refractivity contribution in [2.24, 2.45) is 0 Å². The van der Waals surface area contributed by atoms with Gasteiger partial charge in [0.1, 0.15) is 11.3 Å². The van der Waals surface area contributed by atoms with Crippen LogP contribution in [0.5, 0.6) is 0 Å². The summed E-state index contributed by atoms with van der Waals surface area (Å²) >= 11 is 0. The standard InChI is InChI=1S/C11H9FN2O2/c1-2-10(15)13-6-11-14-8-5-7(12)3-4-9(8)16-11/h2-5H,1,6H2,(H,13,15). The Balaban J connectivity index is 2.19. The highest BCUT2D eigenvalue weighted by atomic mass is 19.1. The molecule has 82 valence electrons. The van der Waals surface area contributed by atoms with E-state index in [0.717, 1.165) is 6.08 Å². The summed E-state index contributed by atoms with van der Waals surface area (Å²) < 4.78 is 18.1. The van der Waals surface area contributed by atoms with Crippen molar-refractivity contribution >= 4 is 17.0 Å². The molecule has 0 spiro atoms. The number of benzene rings is 1. The zero-order valence-electron chi connectivity index (χ0n) is 8.37. The first-order valence-electron chi connectivity index (χ1n) is 4.64. The molecule has 0 saturated carbocycles. The predicted octanol–water partition coefficient (Wildman–Crippen LogP) is 1.77. The van der Waals surface area contributed by atoms with Gasteiger partial charge in [0.2, 0.25) is 11.8 Å². The van der Waals surface area contributed by atoms with E-state index >= 15 is 0 Å². The lowest BCUT2D eigenvalue weighted by Crippen LogP contribution is -2.19. The Hall–Kier alpha value is -2.17. The minimum absolute atomic E-state index is 0.154. The number of carbonyl (C=O) groups excluding carboxylic acids is 1. The van der Waals surface area contributed by atoms with E-state index in [2.05, 4.69) is 16.9 Å². The minimum Gasteiger partial charge on any atom is -0.439 e. The van der Waals surface area contributed by atoms with Crippen LogP contribution < -0.4 is 5.32 Å². The molecule has 1 N–H and O–H groups in total. The lowest BCUT2D eigenvalue weighted by Gasteiger charge is -1.95. The molecular formula is C11H9FN2O2. The van der Waals surface area contributed by atoms with E-state index in [1.165, 1.54) is 18.2 Å². The molecule has 1 amide bonds. The van der Waals surface area contributed by atoms with Gasteiger partial charge in [0.05, 0.1) is 6.54 Å². The molecule has 0 atom stereocenters. The van der Waals surface area contributed by atoms with E-state index in [1.54, 1.807) is 0 Å². The number of oxazole rings is 1. The average Bonchev–Trinajstić information content (AvgIpc) is 2.67. The molecule has 1 aromatic carbocycles. The molecule has 0 unspecified atom stereocenters. The van der Waals surface area contributed by atoms with Gasteiger partial charge in [-0.3, -0.25) is 4.79 Å². The van der Waals surface area contributed by atoms with E-state index in [9.17, 15) is 9.18 Å². The van der Waals surface area contributed by atoms with Crippen molar-refractivity contribution in [1.82, 2.24) is 10.3 Å². The van der Waals surface area contributed by atoms with E-state index in [4.69, 9.17) is 4.42 Å². The molecule has 2 rings (SSSR count). The molecule has 0 aliphatic carbocycles. The van der Waals surface area contributed by atoms with Crippen LogP contribution in [0.3, 0.4) is 0 Å². The topological polar surface area (TPSA) is 55.1 Å². The number of halogens is 1. The highest BCUT2D eigenvalue weighted by Gasteiger charge is 2.06. The zero-order chi connectivity index (χ0) is 11.5. The fourth-order valence-electron chi connectivity index (χ4n) is 1.26. The Bertz CT molecular complexity index is 548. The normalized spacial score (nSPS) is 10.3. The Morgan fingerprint density at radius 1 is 1.62 bits per heavy atom. The molecule has 1 aromatic heterocycles. The second kappa shape index (κ2) is 4.14. The van der Waals surface area contributed by atoms with Crippen LogP contribution in [0.2, 0.25) is 0 Å². The van der Waals surface area contributed by atoms with Gasteiger partial charge in [0.15, 0.2) is 5.58 Å². The Morgan fingerprint density at radius 2 is 2.44 bits per heavy atom. The fourth-order valence-corrected chi connectivity index (χ4v) is 1.26. The number of hydrogen-bond donors (Lipinski definition) is 1. The number of aromatic nitrogens is 1. The van der Waals surface area contributed by atoms with E-state index < -0.39 is 0 Å². The number of fused-ring (bicyclic) bond motifs is 1. The molecule has 1 heterocycles. The Kier molecular flexibility index (Phi) is 2.68. The number of nitrogens with one attached hydrogen (secondary N) is 1. The van der Waals surface area contributed by atoms with E-state index in [0.29, 0.717) is 17.0 Å². The molecule has 0 bridgehead atoms. The van der Waals surface area contributed by atoms with Crippen LogP contribution in [-0.4, -0.2) is 10.9 Å². The van der Waals surface area contributed by atoms with Gasteiger partial charge < -0.3 is 9.73 Å². The number of carbonyl (C=O) groups is 1. The minimum atomic E-state index is -0.373. The third kappa shape index (κ3) is 2.08. The number of rotatable bonds is 3. The van der Waals surface area contributed by atoms with Crippen LogP contribution >= 0.6 is 0 Å². The highest BCUT2D eigenvalue weighted by molar-refractivity contribution is 5.86. The summed E-state index contributed by atoms with van der Waals surface area (Å²) in [5.41, 5.74) is 0.923. The van der Waals surface area contributed by atoms with Crippen LogP contribution in [0.1, 0.15) is 5.89 Å². The van der Waals surface area contributed by atoms with Gasteiger partial charge in [0.25, 0.3) is 0 Å². The Morgan fingerprint density at radius 3 is 3.19 bits per heavy atom. The van der Waals surface area contributed by atoms with Gasteiger partial charge in [-0.15, -0.1) is 0 Å². The van der Waals surface area contributed by atoms with Gasteiger partial charge in [0, 0.05) is 6.07 Å². The Labute approximate surface area is 90.8 Å². The van der Waals surface area contributed by atoms with Gasteiger partial charge in [-0.05, 0) is 18.2 Å². The van der Waals surface area contributed by atoms with Crippen molar-refractivity contribution in [1.29, 1.82) is 0 Å². The summed E-state index contributed by atoms with van der Waals surface area (Å²) in [4.78, 5) is 14.9. The third-order valence-corrected chi connectivity index (χ3v) is 1.99. The molecule has 0 saturated heterocycles. The van der Waals surface area contributed by atoms with Gasteiger partial charge in [-0.1, -0.05) is 6.58 Å². The largest absolute Gasteiger partial charge is 0.439 e. The number of nitrogens with zero attached hydrogens (tertiary/aromatic N) is 1. The van der Waals surface area contributed by atoms with E-state index in [1.807, 2.05) is 0 Å². The average molecular weight is 220 g/mol. The lowest BCUT2D eigenvalue weighted by atomic mass is 10.3. The fraction of sp³-hybridized carbons (Fsp3) is 0.0909. The second-order valence-corrected chi connectivity index (χ2v) is 3.14. The summed E-state index contributed by atoms with van der Waals surface area (Å²) in [7, 11) is 0. The maximum atomic E-state index is 12.8. The lowest BCUT2D eigenvalue weighted by molar-refractivity contribution is -0.116. The quantitative estimate of drug-likeness (QED) is 0.802. The summed E-state index contributed by atoms with van der Waals surface area (Å²) in [6.45, 7) is 3.47. The van der Waals surface area contributed by atoms with Crippen LogP contribution in [0, 0.1) is 5.82 Å². The van der Waals surface area contributed by atoms with Crippen molar-refractivity contribution in [3.63, 3.8) is 0 Å². The highest BCUT2D eigenvalue weighted by Crippen LogP contribution is 2.16. The summed E-state index contributed by atoms with van der Waals surface area (Å²) in [6.07, 6.45) is 1.16. The van der Waals surface area contributed by atoms with Crippen molar-refractivity contribution < 1.29 is 13.6 Å². The number of hydrogen-bond acceptors (Lipinski definition) is 3. The first kappa shape index (κ1) is 10.4. The maximum absolute atomic E-state index is 12.8. The second-order valence-electron chi connectivity index (χ2n) is 3.14. The molecule has 0 fully saturated rings. The van der Waals surface area contributed by atoms with Gasteiger partial charge >= 0.3 is 0 Å².